The first-order valence-electron chi connectivity index (χ1n) is 8.50. The van der Waals surface area contributed by atoms with E-state index in [2.05, 4.69) is 40.4 Å². The highest BCUT2D eigenvalue weighted by atomic mass is 32.2. The number of nitrogens with zero attached hydrogens (tertiary/aromatic N) is 2. The summed E-state index contributed by atoms with van der Waals surface area (Å²) >= 11 is 1.38. The van der Waals surface area contributed by atoms with E-state index in [1.807, 2.05) is 6.92 Å². The van der Waals surface area contributed by atoms with Crippen LogP contribution in [0.4, 0.5) is 0 Å². The molecule has 0 spiro atoms. The number of rotatable bonds is 7. The second-order valence-electron chi connectivity index (χ2n) is 7.13. The molecule has 4 rings (SSSR count). The molecule has 0 aromatic carbocycles. The van der Waals surface area contributed by atoms with E-state index < -0.39 is 0 Å². The van der Waals surface area contributed by atoms with Crippen molar-refractivity contribution in [2.75, 3.05) is 12.3 Å². The van der Waals surface area contributed by atoms with Crippen molar-refractivity contribution in [1.82, 2.24) is 20.5 Å². The summed E-state index contributed by atoms with van der Waals surface area (Å²) in [5.74, 6) is 2.89. The van der Waals surface area contributed by atoms with Crippen molar-refractivity contribution in [2.24, 2.45) is 17.3 Å². The first kappa shape index (κ1) is 16.6. The molecule has 2 bridgehead atoms. The Bertz CT molecular complexity index is 607. The molecule has 126 valence electrons. The van der Waals surface area contributed by atoms with Gasteiger partial charge in [-0.05, 0) is 36.5 Å². The van der Waals surface area contributed by atoms with Gasteiger partial charge in [0.2, 0.25) is 11.1 Å². The zero-order chi connectivity index (χ0) is 16.4. The van der Waals surface area contributed by atoms with Crippen LogP contribution in [0.2, 0.25) is 0 Å². The van der Waals surface area contributed by atoms with Crippen LogP contribution in [-0.2, 0) is 11.2 Å². The van der Waals surface area contributed by atoms with Crippen molar-refractivity contribution in [3.05, 3.63) is 17.5 Å². The quantitative estimate of drug-likeness (QED) is 0.594. The molecule has 2 N–H and O–H groups in total. The van der Waals surface area contributed by atoms with Crippen LogP contribution in [0.25, 0.3) is 0 Å². The van der Waals surface area contributed by atoms with Gasteiger partial charge < -0.3 is 5.32 Å². The second-order valence-corrected chi connectivity index (χ2v) is 8.07. The maximum atomic E-state index is 11.9. The molecule has 0 aliphatic heterocycles. The summed E-state index contributed by atoms with van der Waals surface area (Å²) in [4.78, 5) is 16.2. The number of amides is 1. The standard InChI is InChI=1S/C17H26N4OS/c1-4-14-19-16(21-20-14)23-10-15(22)18-8-7-11-5-6-12-9-13(11)17(12,2)3/h5,12-13H,4,6-10H2,1-3H3,(H,18,22)(H,19,20,21)/t12-,13-/m0/s1. The Morgan fingerprint density at radius 3 is 3.00 bits per heavy atom. The molecule has 0 radical (unpaired) electrons. The van der Waals surface area contributed by atoms with Crippen molar-refractivity contribution in [2.45, 2.75) is 51.6 Å². The molecule has 3 aliphatic rings. The third kappa shape index (κ3) is 3.47. The molecule has 3 aliphatic carbocycles. The minimum Gasteiger partial charge on any atom is -0.355 e. The Morgan fingerprint density at radius 2 is 2.35 bits per heavy atom. The lowest BCUT2D eigenvalue weighted by Crippen LogP contribution is -2.48. The average molecular weight is 334 g/mol. The van der Waals surface area contributed by atoms with Gasteiger partial charge in [0, 0.05) is 13.0 Å². The number of nitrogens with one attached hydrogen (secondary N) is 2. The lowest BCUT2D eigenvalue weighted by molar-refractivity contribution is -0.118. The van der Waals surface area contributed by atoms with Crippen LogP contribution in [0.5, 0.6) is 0 Å². The largest absolute Gasteiger partial charge is 0.355 e. The number of H-pyrrole nitrogens is 1. The van der Waals surface area contributed by atoms with E-state index in [4.69, 9.17) is 0 Å². The summed E-state index contributed by atoms with van der Waals surface area (Å²) in [6.45, 7) is 7.52. The zero-order valence-corrected chi connectivity index (χ0v) is 15.0. The first-order chi connectivity index (χ1) is 11.0. The second kappa shape index (κ2) is 6.67. The Kier molecular flexibility index (Phi) is 4.80. The van der Waals surface area contributed by atoms with Gasteiger partial charge in [-0.15, -0.1) is 5.10 Å². The molecule has 23 heavy (non-hydrogen) atoms. The predicted molar refractivity (Wildman–Crippen MR) is 92.2 cm³/mol. The lowest BCUT2D eigenvalue weighted by atomic mass is 9.48. The number of aryl methyl sites for hydroxylation is 1. The molecule has 1 aromatic heterocycles. The number of carbonyl (C=O) groups is 1. The molecule has 1 aromatic rings. The summed E-state index contributed by atoms with van der Waals surface area (Å²) in [5, 5.41) is 10.6. The number of aromatic nitrogens is 3. The number of hydrogen-bond acceptors (Lipinski definition) is 4. The Morgan fingerprint density at radius 1 is 1.52 bits per heavy atom. The van der Waals surface area contributed by atoms with Crippen LogP contribution in [0.1, 0.15) is 45.9 Å². The number of aromatic amines is 1. The molecule has 0 unspecified atom stereocenters. The number of fused-ring (bicyclic) bond motifs is 1. The number of thioether (sulfide) groups is 1. The van der Waals surface area contributed by atoms with Crippen molar-refractivity contribution in [3.63, 3.8) is 0 Å². The van der Waals surface area contributed by atoms with Crippen LogP contribution in [0.3, 0.4) is 0 Å². The van der Waals surface area contributed by atoms with E-state index in [-0.39, 0.29) is 5.91 Å². The minimum absolute atomic E-state index is 0.0556. The molecule has 6 heteroatoms. The van der Waals surface area contributed by atoms with E-state index in [0.29, 0.717) is 16.3 Å². The molecule has 1 amide bonds. The topological polar surface area (TPSA) is 70.7 Å². The Labute approximate surface area is 142 Å². The molecule has 2 atom stereocenters. The Hall–Kier alpha value is -1.30. The fourth-order valence-electron chi connectivity index (χ4n) is 3.79. The Balaban J connectivity index is 1.37. The van der Waals surface area contributed by atoms with Crippen molar-refractivity contribution in [1.29, 1.82) is 0 Å². The minimum atomic E-state index is 0.0556. The number of allylic oxidation sites excluding steroid dienone is 1. The summed E-state index contributed by atoms with van der Waals surface area (Å²) in [6, 6.07) is 0. The van der Waals surface area contributed by atoms with E-state index in [1.165, 1.54) is 24.6 Å². The highest BCUT2D eigenvalue weighted by Crippen LogP contribution is 2.59. The normalized spacial score (nSPS) is 24.7. The van der Waals surface area contributed by atoms with Crippen LogP contribution >= 0.6 is 11.8 Å². The number of hydrogen-bond donors (Lipinski definition) is 2. The van der Waals surface area contributed by atoms with Crippen molar-refractivity contribution in [3.8, 4) is 0 Å². The molecule has 1 fully saturated rings. The fraction of sp³-hybridized carbons (Fsp3) is 0.706. The van der Waals surface area contributed by atoms with Crippen LogP contribution in [0, 0.1) is 17.3 Å². The van der Waals surface area contributed by atoms with E-state index >= 15 is 0 Å². The van der Waals surface area contributed by atoms with E-state index in [1.54, 1.807) is 5.57 Å². The summed E-state index contributed by atoms with van der Waals surface area (Å²) < 4.78 is 0. The smallest absolute Gasteiger partial charge is 0.230 e. The lowest BCUT2D eigenvalue weighted by Gasteiger charge is -2.56. The van der Waals surface area contributed by atoms with Crippen molar-refractivity contribution >= 4 is 17.7 Å². The summed E-state index contributed by atoms with van der Waals surface area (Å²) in [7, 11) is 0. The highest BCUT2D eigenvalue weighted by molar-refractivity contribution is 7.99. The zero-order valence-electron chi connectivity index (χ0n) is 14.2. The van der Waals surface area contributed by atoms with Gasteiger partial charge >= 0.3 is 0 Å². The van der Waals surface area contributed by atoms with E-state index in [0.717, 1.165) is 37.0 Å². The molecular formula is C17H26N4OS. The molecular weight excluding hydrogens is 308 g/mol. The average Bonchev–Trinajstić information content (AvgIpc) is 3.01. The monoisotopic (exact) mass is 334 g/mol. The third-order valence-electron chi connectivity index (χ3n) is 5.50. The fourth-order valence-corrected chi connectivity index (χ4v) is 4.43. The molecule has 0 saturated heterocycles. The van der Waals surface area contributed by atoms with Crippen molar-refractivity contribution < 1.29 is 4.79 Å². The van der Waals surface area contributed by atoms with Crippen LogP contribution < -0.4 is 5.32 Å². The van der Waals surface area contributed by atoms with Gasteiger partial charge in [-0.1, -0.05) is 44.2 Å². The predicted octanol–water partition coefficient (Wildman–Crippen LogP) is 2.96. The van der Waals surface area contributed by atoms with Gasteiger partial charge in [0.15, 0.2) is 0 Å². The summed E-state index contributed by atoms with van der Waals surface area (Å²) in [6.07, 6.45) is 6.77. The first-order valence-corrected chi connectivity index (χ1v) is 9.49. The van der Waals surface area contributed by atoms with Gasteiger partial charge in [0.1, 0.15) is 5.82 Å². The maximum Gasteiger partial charge on any atom is 0.230 e. The van der Waals surface area contributed by atoms with Crippen LogP contribution in [-0.4, -0.2) is 33.4 Å². The van der Waals surface area contributed by atoms with E-state index in [9.17, 15) is 4.79 Å². The summed E-state index contributed by atoms with van der Waals surface area (Å²) in [5.41, 5.74) is 2.01. The van der Waals surface area contributed by atoms with Crippen LogP contribution in [0.15, 0.2) is 16.8 Å². The van der Waals surface area contributed by atoms with Gasteiger partial charge in [-0.3, -0.25) is 9.89 Å². The highest BCUT2D eigenvalue weighted by Gasteiger charge is 2.50. The third-order valence-corrected chi connectivity index (χ3v) is 6.34. The molecule has 1 saturated carbocycles. The maximum absolute atomic E-state index is 11.9. The van der Waals surface area contributed by atoms with Gasteiger partial charge in [0.05, 0.1) is 5.75 Å². The molecule has 5 nitrogen and oxygen atoms in total. The SMILES string of the molecule is CCc1nc(SCC(=O)NCCC2=CC[C@H]3C[C@@H]2C3(C)C)n[nH]1. The number of carbonyl (C=O) groups excluding carboxylic acids is 1. The van der Waals surface area contributed by atoms with Gasteiger partial charge in [-0.25, -0.2) is 4.98 Å². The van der Waals surface area contributed by atoms with Gasteiger partial charge in [-0.2, -0.15) is 0 Å². The molecule has 1 heterocycles. The van der Waals surface area contributed by atoms with Gasteiger partial charge in [0.25, 0.3) is 0 Å².